The van der Waals surface area contributed by atoms with Gasteiger partial charge in [-0.05, 0) is 54.1 Å². The van der Waals surface area contributed by atoms with Gasteiger partial charge < -0.3 is 13.9 Å². The Morgan fingerprint density at radius 1 is 0.743 bits per heavy atom. The van der Waals surface area contributed by atoms with Gasteiger partial charge >= 0.3 is 0 Å². The van der Waals surface area contributed by atoms with Crippen LogP contribution in [0, 0.1) is 0 Å². The number of benzene rings is 3. The highest BCUT2D eigenvalue weighted by molar-refractivity contribution is 6.09. The van der Waals surface area contributed by atoms with E-state index in [-0.39, 0.29) is 0 Å². The molecule has 7 rings (SSSR count). The van der Waals surface area contributed by atoms with E-state index in [0.717, 1.165) is 34.4 Å². The number of pyridine rings is 2. The minimum atomic E-state index is 0.740. The molecule has 3 aromatic carbocycles. The molecular formula is C30H22N4O. The van der Waals surface area contributed by atoms with E-state index in [9.17, 15) is 0 Å². The van der Waals surface area contributed by atoms with Crippen molar-refractivity contribution < 1.29 is 4.42 Å². The SMILES string of the molecule is CN(Cc1ccc2c(c1)c1ccccc1n2-c1ccccc1)c1ccnc2c1oc1cccnc12. The summed E-state index contributed by atoms with van der Waals surface area (Å²) in [6.45, 7) is 0.740. The van der Waals surface area contributed by atoms with Gasteiger partial charge in [0.25, 0.3) is 0 Å². The van der Waals surface area contributed by atoms with Gasteiger partial charge in [-0.2, -0.15) is 0 Å². The highest BCUT2D eigenvalue weighted by Gasteiger charge is 2.17. The maximum absolute atomic E-state index is 6.15. The number of rotatable bonds is 4. The maximum Gasteiger partial charge on any atom is 0.178 e. The van der Waals surface area contributed by atoms with Gasteiger partial charge in [-0.15, -0.1) is 0 Å². The Kier molecular flexibility index (Phi) is 4.36. The van der Waals surface area contributed by atoms with Gasteiger partial charge in [0, 0.05) is 42.4 Å². The van der Waals surface area contributed by atoms with Crippen LogP contribution in [0.15, 0.2) is 108 Å². The van der Waals surface area contributed by atoms with Crippen LogP contribution in [0.25, 0.3) is 49.7 Å². The molecule has 0 spiro atoms. The summed E-state index contributed by atoms with van der Waals surface area (Å²) >= 11 is 0. The van der Waals surface area contributed by atoms with Crippen LogP contribution in [0.2, 0.25) is 0 Å². The largest absolute Gasteiger partial charge is 0.450 e. The van der Waals surface area contributed by atoms with Crippen molar-refractivity contribution in [3.63, 3.8) is 0 Å². The van der Waals surface area contributed by atoms with Crippen molar-refractivity contribution in [1.29, 1.82) is 0 Å². The predicted octanol–water partition coefficient (Wildman–Crippen LogP) is 7.11. The molecule has 0 atom stereocenters. The first-order valence-electron chi connectivity index (χ1n) is 11.7. The normalized spacial score (nSPS) is 11.7. The van der Waals surface area contributed by atoms with Crippen LogP contribution in [0.3, 0.4) is 0 Å². The third-order valence-electron chi connectivity index (χ3n) is 6.67. The Morgan fingerprint density at radius 2 is 1.54 bits per heavy atom. The molecule has 0 fully saturated rings. The van der Waals surface area contributed by atoms with Crippen molar-refractivity contribution >= 4 is 49.7 Å². The second-order valence-electron chi connectivity index (χ2n) is 8.86. The zero-order valence-corrected chi connectivity index (χ0v) is 19.2. The predicted molar refractivity (Wildman–Crippen MR) is 142 cm³/mol. The van der Waals surface area contributed by atoms with Crippen molar-refractivity contribution in [2.45, 2.75) is 6.54 Å². The van der Waals surface area contributed by atoms with Gasteiger partial charge in [0.2, 0.25) is 0 Å². The summed E-state index contributed by atoms with van der Waals surface area (Å²) in [5.74, 6) is 0. The van der Waals surface area contributed by atoms with E-state index in [2.05, 4.69) is 99.3 Å². The van der Waals surface area contributed by atoms with Gasteiger partial charge in [-0.3, -0.25) is 9.97 Å². The van der Waals surface area contributed by atoms with Crippen molar-refractivity contribution in [2.75, 3.05) is 11.9 Å². The molecule has 0 saturated carbocycles. The standard InChI is InChI=1S/C30H22N4O/c1-33(26-15-17-32-29-28-27(35-30(26)29)12-7-16-31-28)19-20-13-14-25-23(18-20)22-10-5-6-11-24(22)34(25)21-8-3-2-4-9-21/h2-18H,19H2,1H3. The first-order chi connectivity index (χ1) is 17.3. The number of aromatic nitrogens is 3. The van der Waals surface area contributed by atoms with Gasteiger partial charge in [-0.1, -0.05) is 42.5 Å². The van der Waals surface area contributed by atoms with E-state index in [1.807, 2.05) is 24.4 Å². The van der Waals surface area contributed by atoms with Crippen molar-refractivity contribution in [3.05, 3.63) is 109 Å². The lowest BCUT2D eigenvalue weighted by atomic mass is 10.1. The Balaban J connectivity index is 1.33. The topological polar surface area (TPSA) is 47.1 Å². The minimum Gasteiger partial charge on any atom is -0.450 e. The summed E-state index contributed by atoms with van der Waals surface area (Å²) in [7, 11) is 2.09. The quantitative estimate of drug-likeness (QED) is 0.284. The summed E-state index contributed by atoms with van der Waals surface area (Å²) in [6, 6.07) is 31.7. The molecule has 5 nitrogen and oxygen atoms in total. The lowest BCUT2D eigenvalue weighted by Gasteiger charge is -2.19. The molecule has 0 aliphatic rings. The summed E-state index contributed by atoms with van der Waals surface area (Å²) in [5, 5.41) is 2.51. The molecule has 168 valence electrons. The van der Waals surface area contributed by atoms with Crippen molar-refractivity contribution in [3.8, 4) is 5.69 Å². The van der Waals surface area contributed by atoms with E-state index >= 15 is 0 Å². The Morgan fingerprint density at radius 3 is 2.46 bits per heavy atom. The third-order valence-corrected chi connectivity index (χ3v) is 6.67. The smallest absolute Gasteiger partial charge is 0.178 e. The summed E-state index contributed by atoms with van der Waals surface area (Å²) in [4.78, 5) is 11.2. The molecule has 35 heavy (non-hydrogen) atoms. The zero-order chi connectivity index (χ0) is 23.4. The lowest BCUT2D eigenvalue weighted by Crippen LogP contribution is -2.16. The van der Waals surface area contributed by atoms with E-state index in [0.29, 0.717) is 0 Å². The molecule has 0 bridgehead atoms. The van der Waals surface area contributed by atoms with Gasteiger partial charge in [0.1, 0.15) is 11.0 Å². The fourth-order valence-electron chi connectivity index (χ4n) is 5.10. The summed E-state index contributed by atoms with van der Waals surface area (Å²) in [5.41, 5.74) is 8.94. The molecular weight excluding hydrogens is 432 g/mol. The minimum absolute atomic E-state index is 0.740. The highest BCUT2D eigenvalue weighted by Crippen LogP contribution is 2.35. The number of fused-ring (bicyclic) bond motifs is 6. The van der Waals surface area contributed by atoms with Crippen LogP contribution in [-0.4, -0.2) is 21.6 Å². The molecule has 0 radical (unpaired) electrons. The molecule has 5 heteroatoms. The van der Waals surface area contributed by atoms with Crippen LogP contribution in [-0.2, 0) is 6.54 Å². The van der Waals surface area contributed by atoms with Crippen molar-refractivity contribution in [1.82, 2.24) is 14.5 Å². The molecule has 0 aliphatic carbocycles. The van der Waals surface area contributed by atoms with E-state index in [4.69, 9.17) is 4.42 Å². The van der Waals surface area contributed by atoms with Crippen LogP contribution < -0.4 is 4.90 Å². The average molecular weight is 455 g/mol. The fraction of sp³-hybridized carbons (Fsp3) is 0.0667. The molecule has 0 N–H and O–H groups in total. The summed E-state index contributed by atoms with van der Waals surface area (Å²) < 4.78 is 8.49. The Labute approximate surface area is 201 Å². The molecule has 0 saturated heterocycles. The number of furan rings is 1. The maximum atomic E-state index is 6.15. The first kappa shape index (κ1) is 19.8. The lowest BCUT2D eigenvalue weighted by molar-refractivity contribution is 0.665. The second-order valence-corrected chi connectivity index (χ2v) is 8.86. The van der Waals surface area contributed by atoms with Crippen LogP contribution in [0.1, 0.15) is 5.56 Å². The number of hydrogen-bond acceptors (Lipinski definition) is 4. The molecule has 4 heterocycles. The average Bonchev–Trinajstić information content (AvgIpc) is 3.45. The van der Waals surface area contributed by atoms with Crippen LogP contribution >= 0.6 is 0 Å². The fourth-order valence-corrected chi connectivity index (χ4v) is 5.10. The first-order valence-corrected chi connectivity index (χ1v) is 11.7. The Hall–Kier alpha value is -4.64. The van der Waals surface area contributed by atoms with E-state index in [1.165, 1.54) is 33.1 Å². The van der Waals surface area contributed by atoms with Gasteiger partial charge in [0.05, 0.1) is 16.7 Å². The summed E-state index contributed by atoms with van der Waals surface area (Å²) in [6.07, 6.45) is 3.60. The molecule has 0 aliphatic heterocycles. The number of nitrogens with zero attached hydrogens (tertiary/aromatic N) is 4. The number of hydrogen-bond donors (Lipinski definition) is 0. The van der Waals surface area contributed by atoms with Gasteiger partial charge in [-0.25, -0.2) is 0 Å². The third kappa shape index (κ3) is 3.09. The van der Waals surface area contributed by atoms with Crippen LogP contribution in [0.5, 0.6) is 0 Å². The van der Waals surface area contributed by atoms with E-state index in [1.54, 1.807) is 6.20 Å². The van der Waals surface area contributed by atoms with E-state index < -0.39 is 0 Å². The monoisotopic (exact) mass is 454 g/mol. The Bertz CT molecular complexity index is 1850. The number of para-hydroxylation sites is 2. The zero-order valence-electron chi connectivity index (χ0n) is 19.2. The molecule has 0 amide bonds. The van der Waals surface area contributed by atoms with Crippen LogP contribution in [0.4, 0.5) is 5.69 Å². The molecule has 4 aromatic heterocycles. The highest BCUT2D eigenvalue weighted by atomic mass is 16.3. The van der Waals surface area contributed by atoms with Gasteiger partial charge in [0.15, 0.2) is 11.2 Å². The number of anilines is 1. The van der Waals surface area contributed by atoms with Crippen molar-refractivity contribution in [2.24, 2.45) is 0 Å². The second kappa shape index (κ2) is 7.71. The molecule has 7 aromatic rings. The molecule has 0 unspecified atom stereocenters.